The van der Waals surface area contributed by atoms with Crippen molar-refractivity contribution in [2.75, 3.05) is 0 Å². The Kier molecular flexibility index (Phi) is 15.8. The number of aliphatic hydroxyl groups is 4. The third kappa shape index (κ3) is 22.5. The number of aliphatic hydroxyl groups excluding tert-OH is 2. The molecule has 188 valence electrons. The van der Waals surface area contributed by atoms with Crippen LogP contribution in [0.25, 0.3) is 0 Å². The topological polar surface area (TPSA) is 80.9 Å². The highest BCUT2D eigenvalue weighted by Gasteiger charge is 2.30. The van der Waals surface area contributed by atoms with E-state index in [4.69, 9.17) is 10.2 Å². The summed E-state index contributed by atoms with van der Waals surface area (Å²) < 4.78 is 0. The van der Waals surface area contributed by atoms with Crippen LogP contribution in [0.4, 0.5) is 0 Å². The molecular weight excluding hydrogens is 376 g/mol. The molecule has 0 saturated carbocycles. The summed E-state index contributed by atoms with van der Waals surface area (Å²) in [5.74, 6) is 0. The van der Waals surface area contributed by atoms with Crippen LogP contribution < -0.4 is 0 Å². The molecule has 0 aromatic rings. The number of hydrogen-bond donors (Lipinski definition) is 4. The Labute approximate surface area is 190 Å². The van der Waals surface area contributed by atoms with Gasteiger partial charge in [0, 0.05) is 0 Å². The van der Waals surface area contributed by atoms with Crippen LogP contribution in [0.15, 0.2) is 0 Å². The molecule has 0 spiro atoms. The van der Waals surface area contributed by atoms with Gasteiger partial charge in [-0.2, -0.15) is 0 Å². The Balaban J connectivity index is -0.000000151. The van der Waals surface area contributed by atoms with E-state index >= 15 is 0 Å². The quantitative estimate of drug-likeness (QED) is 0.352. The molecule has 0 saturated heterocycles. The summed E-state index contributed by atoms with van der Waals surface area (Å²) in [7, 11) is 0. The molecular formula is C26H60O4. The second-order valence-corrected chi connectivity index (χ2v) is 13.7. The highest BCUT2D eigenvalue weighted by Crippen LogP contribution is 2.29. The zero-order valence-electron chi connectivity index (χ0n) is 23.9. The summed E-state index contributed by atoms with van der Waals surface area (Å²) in [6.45, 7) is 35.1. The SMILES string of the molecule is CC(C)(C)C(C)(C)O.CC(C)(C)C(C)(C)O.CC(O)C(C)(C)C.C[C@@H](O)C(C)(C)C. The van der Waals surface area contributed by atoms with Crippen molar-refractivity contribution < 1.29 is 20.4 Å². The molecule has 0 bridgehead atoms. The van der Waals surface area contributed by atoms with Crippen molar-refractivity contribution in [3.8, 4) is 0 Å². The fourth-order valence-electron chi connectivity index (χ4n) is 0. The lowest BCUT2D eigenvalue weighted by atomic mass is 9.79. The first-order chi connectivity index (χ1) is 12.4. The summed E-state index contributed by atoms with van der Waals surface area (Å²) in [5, 5.41) is 36.5. The van der Waals surface area contributed by atoms with Gasteiger partial charge < -0.3 is 20.4 Å². The smallest absolute Gasteiger partial charge is 0.0639 e. The summed E-state index contributed by atoms with van der Waals surface area (Å²) in [4.78, 5) is 0. The molecule has 0 aliphatic carbocycles. The first-order valence-corrected chi connectivity index (χ1v) is 11.2. The fraction of sp³-hybridized carbons (Fsp3) is 1.00. The minimum Gasteiger partial charge on any atom is -0.393 e. The molecule has 0 amide bonds. The molecule has 30 heavy (non-hydrogen) atoms. The Morgan fingerprint density at radius 1 is 0.400 bits per heavy atom. The van der Waals surface area contributed by atoms with Gasteiger partial charge in [0.15, 0.2) is 0 Å². The van der Waals surface area contributed by atoms with Crippen LogP contribution in [-0.2, 0) is 0 Å². The van der Waals surface area contributed by atoms with E-state index in [2.05, 4.69) is 0 Å². The highest BCUT2D eigenvalue weighted by atomic mass is 16.3. The molecule has 4 N–H and O–H groups in total. The molecule has 0 fully saturated rings. The maximum atomic E-state index is 9.35. The van der Waals surface area contributed by atoms with Gasteiger partial charge in [0.05, 0.1) is 23.4 Å². The zero-order chi connectivity index (χ0) is 26.2. The summed E-state index contributed by atoms with van der Waals surface area (Å²) in [6.07, 6.45) is -0.403. The van der Waals surface area contributed by atoms with E-state index < -0.39 is 11.2 Å². The predicted molar refractivity (Wildman–Crippen MR) is 134 cm³/mol. The van der Waals surface area contributed by atoms with Crippen molar-refractivity contribution in [2.45, 2.75) is 148 Å². The third-order valence-corrected chi connectivity index (χ3v) is 6.18. The van der Waals surface area contributed by atoms with E-state index in [0.29, 0.717) is 0 Å². The van der Waals surface area contributed by atoms with Crippen molar-refractivity contribution >= 4 is 0 Å². The van der Waals surface area contributed by atoms with Crippen LogP contribution in [0.5, 0.6) is 0 Å². The molecule has 1 unspecified atom stereocenters. The molecule has 2 atom stereocenters. The van der Waals surface area contributed by atoms with Crippen LogP contribution in [0, 0.1) is 21.7 Å². The second kappa shape index (κ2) is 12.8. The van der Waals surface area contributed by atoms with E-state index in [-0.39, 0.29) is 33.9 Å². The molecule has 0 aromatic carbocycles. The lowest BCUT2D eigenvalue weighted by Crippen LogP contribution is -2.35. The largest absolute Gasteiger partial charge is 0.393 e. The van der Waals surface area contributed by atoms with Gasteiger partial charge in [-0.1, -0.05) is 83.1 Å². The summed E-state index contributed by atoms with van der Waals surface area (Å²) in [6, 6.07) is 0. The van der Waals surface area contributed by atoms with E-state index in [1.54, 1.807) is 13.8 Å². The second-order valence-electron chi connectivity index (χ2n) is 13.7. The minimum absolute atomic E-state index is 0.00694. The van der Waals surface area contributed by atoms with E-state index in [1.165, 1.54) is 0 Å². The first-order valence-electron chi connectivity index (χ1n) is 11.2. The van der Waals surface area contributed by atoms with Crippen LogP contribution in [0.3, 0.4) is 0 Å². The van der Waals surface area contributed by atoms with Gasteiger partial charge in [-0.15, -0.1) is 0 Å². The van der Waals surface area contributed by atoms with Crippen molar-refractivity contribution in [3.63, 3.8) is 0 Å². The molecule has 4 heteroatoms. The number of hydrogen-bond acceptors (Lipinski definition) is 4. The molecule has 0 heterocycles. The minimum atomic E-state index is -0.562. The Morgan fingerprint density at radius 2 is 0.467 bits per heavy atom. The van der Waals surface area contributed by atoms with Crippen molar-refractivity contribution in [1.29, 1.82) is 0 Å². The summed E-state index contributed by atoms with van der Waals surface area (Å²) in [5.41, 5.74) is -1.03. The van der Waals surface area contributed by atoms with Gasteiger partial charge in [-0.05, 0) is 63.2 Å². The van der Waals surface area contributed by atoms with Gasteiger partial charge >= 0.3 is 0 Å². The lowest BCUT2D eigenvalue weighted by molar-refractivity contribution is -0.0240. The highest BCUT2D eigenvalue weighted by molar-refractivity contribution is 4.81. The molecule has 0 rings (SSSR count). The average molecular weight is 437 g/mol. The monoisotopic (exact) mass is 436 g/mol. The predicted octanol–water partition coefficient (Wildman–Crippen LogP) is 6.43. The van der Waals surface area contributed by atoms with Gasteiger partial charge in [-0.25, -0.2) is 0 Å². The molecule has 0 radical (unpaired) electrons. The molecule has 4 nitrogen and oxygen atoms in total. The maximum Gasteiger partial charge on any atom is 0.0639 e. The molecule has 0 aromatic heterocycles. The molecule has 0 aliphatic heterocycles. The first kappa shape index (κ1) is 37.2. The Bertz CT molecular complexity index is 343. The normalized spacial score (nSPS) is 15.4. The summed E-state index contributed by atoms with van der Waals surface area (Å²) >= 11 is 0. The van der Waals surface area contributed by atoms with Crippen LogP contribution in [0.1, 0.15) is 125 Å². The number of rotatable bonds is 0. The van der Waals surface area contributed by atoms with Crippen LogP contribution in [-0.4, -0.2) is 43.8 Å². The van der Waals surface area contributed by atoms with Crippen molar-refractivity contribution in [3.05, 3.63) is 0 Å². The fourth-order valence-corrected chi connectivity index (χ4v) is 0. The van der Waals surface area contributed by atoms with E-state index in [0.717, 1.165) is 0 Å². The van der Waals surface area contributed by atoms with Gasteiger partial charge in [0.25, 0.3) is 0 Å². The lowest BCUT2D eigenvalue weighted by Gasteiger charge is -2.33. The Hall–Kier alpha value is -0.160. The van der Waals surface area contributed by atoms with Gasteiger partial charge in [0.1, 0.15) is 0 Å². The van der Waals surface area contributed by atoms with Gasteiger partial charge in [-0.3, -0.25) is 0 Å². The van der Waals surface area contributed by atoms with Crippen LogP contribution >= 0.6 is 0 Å². The maximum absolute atomic E-state index is 9.35. The van der Waals surface area contributed by atoms with Crippen molar-refractivity contribution in [1.82, 2.24) is 0 Å². The van der Waals surface area contributed by atoms with Gasteiger partial charge in [0.2, 0.25) is 0 Å². The van der Waals surface area contributed by atoms with Crippen molar-refractivity contribution in [2.24, 2.45) is 21.7 Å². The zero-order valence-corrected chi connectivity index (χ0v) is 23.9. The van der Waals surface area contributed by atoms with E-state index in [1.807, 2.05) is 111 Å². The van der Waals surface area contributed by atoms with Crippen LogP contribution in [0.2, 0.25) is 0 Å². The third-order valence-electron chi connectivity index (χ3n) is 6.18. The Morgan fingerprint density at radius 3 is 0.467 bits per heavy atom. The standard InChI is InChI=1S/2C7H16O.2C6H14O/c2*1-6(2,3)7(4,5)8;2*1-5(7)6(2,3)4/h2*8H,1-5H3;2*5,7H,1-4H3/t;;5-;/m..1./s1. The molecule has 0 aliphatic rings. The van der Waals surface area contributed by atoms with E-state index in [9.17, 15) is 10.2 Å². The average Bonchev–Trinajstić information content (AvgIpc) is 2.33.